The molecule has 1 aromatic rings. The lowest BCUT2D eigenvalue weighted by atomic mass is 9.85. The predicted molar refractivity (Wildman–Crippen MR) is 84.3 cm³/mol. The molecule has 116 valence electrons. The summed E-state index contributed by atoms with van der Waals surface area (Å²) in [5.74, 6) is 0.700. The zero-order valence-corrected chi connectivity index (χ0v) is 14.3. The maximum atomic E-state index is 13.0. The monoisotopic (exact) mass is 348 g/mol. The van der Waals surface area contributed by atoms with E-state index in [4.69, 9.17) is 23.2 Å². The molecule has 0 saturated carbocycles. The molecule has 7 heteroatoms. The summed E-state index contributed by atoms with van der Waals surface area (Å²) in [4.78, 5) is 0.168. The minimum absolute atomic E-state index is 0.168. The number of benzene rings is 1. The Morgan fingerprint density at radius 3 is 2.38 bits per heavy atom. The number of rotatable bonds is 2. The van der Waals surface area contributed by atoms with Crippen molar-refractivity contribution in [1.29, 1.82) is 0 Å². The molecule has 1 N–H and O–H groups in total. The van der Waals surface area contributed by atoms with Gasteiger partial charge in [-0.2, -0.15) is 4.31 Å². The van der Waals surface area contributed by atoms with Gasteiger partial charge in [0.05, 0.1) is 4.90 Å². The Morgan fingerprint density at radius 1 is 1.19 bits per heavy atom. The van der Waals surface area contributed by atoms with Crippen LogP contribution >= 0.6 is 23.2 Å². The average Bonchev–Trinajstić information content (AvgIpc) is 2.91. The molecule has 2 heterocycles. The van der Waals surface area contributed by atoms with E-state index in [0.29, 0.717) is 28.4 Å². The Morgan fingerprint density at radius 2 is 1.81 bits per heavy atom. The lowest BCUT2D eigenvalue weighted by Crippen LogP contribution is -2.47. The molecular weight excluding hydrogens is 331 g/mol. The summed E-state index contributed by atoms with van der Waals surface area (Å²) >= 11 is 11.9. The third-order valence-electron chi connectivity index (χ3n) is 4.71. The summed E-state index contributed by atoms with van der Waals surface area (Å²) in [6.07, 6.45) is 0. The Bertz CT molecular complexity index is 655. The maximum Gasteiger partial charge on any atom is 0.243 e. The number of nitrogens with one attached hydrogen (secondary N) is 1. The lowest BCUT2D eigenvalue weighted by molar-refractivity contribution is 0.233. The molecule has 2 fully saturated rings. The number of fused-ring (bicyclic) bond motifs is 1. The van der Waals surface area contributed by atoms with Crippen LogP contribution in [0.3, 0.4) is 0 Å². The van der Waals surface area contributed by atoms with Crippen molar-refractivity contribution in [1.82, 2.24) is 9.62 Å². The van der Waals surface area contributed by atoms with Crippen molar-refractivity contribution in [2.24, 2.45) is 11.8 Å². The van der Waals surface area contributed by atoms with Gasteiger partial charge in [0.2, 0.25) is 10.0 Å². The number of halogens is 2. The Hall–Kier alpha value is -0.330. The number of hydrogen-bond donors (Lipinski definition) is 1. The first-order valence-electron chi connectivity index (χ1n) is 6.92. The highest BCUT2D eigenvalue weighted by Gasteiger charge is 2.54. The van der Waals surface area contributed by atoms with Crippen LogP contribution in [-0.2, 0) is 10.0 Å². The molecule has 0 radical (unpaired) electrons. The number of hydrogen-bond acceptors (Lipinski definition) is 3. The topological polar surface area (TPSA) is 49.4 Å². The van der Waals surface area contributed by atoms with Crippen molar-refractivity contribution >= 4 is 33.2 Å². The fourth-order valence-electron chi connectivity index (χ4n) is 3.60. The first-order valence-corrected chi connectivity index (χ1v) is 9.12. The zero-order valence-electron chi connectivity index (χ0n) is 11.9. The smallest absolute Gasteiger partial charge is 0.243 e. The molecule has 4 nitrogen and oxygen atoms in total. The van der Waals surface area contributed by atoms with E-state index in [1.165, 1.54) is 18.2 Å². The highest BCUT2D eigenvalue weighted by molar-refractivity contribution is 7.89. The van der Waals surface area contributed by atoms with Gasteiger partial charge in [-0.1, -0.05) is 23.2 Å². The predicted octanol–water partition coefficient (Wildman–Crippen LogP) is 2.61. The fourth-order valence-corrected chi connectivity index (χ4v) is 6.20. The van der Waals surface area contributed by atoms with Gasteiger partial charge in [-0.15, -0.1) is 0 Å². The number of sulfonamides is 1. The summed E-state index contributed by atoms with van der Waals surface area (Å²) < 4.78 is 27.6. The molecule has 2 aliphatic heterocycles. The first kappa shape index (κ1) is 15.6. The van der Waals surface area contributed by atoms with E-state index >= 15 is 0 Å². The van der Waals surface area contributed by atoms with Crippen molar-refractivity contribution in [3.05, 3.63) is 28.2 Å². The highest BCUT2D eigenvalue weighted by Crippen LogP contribution is 2.43. The molecule has 2 saturated heterocycles. The van der Waals surface area contributed by atoms with Crippen molar-refractivity contribution in [3.63, 3.8) is 0 Å². The van der Waals surface area contributed by atoms with Gasteiger partial charge in [0.15, 0.2) is 0 Å². The van der Waals surface area contributed by atoms with Crippen LogP contribution in [0.2, 0.25) is 10.0 Å². The SMILES string of the molecule is CC1(C)C2CNCC2CN1S(=O)(=O)c1cc(Cl)cc(Cl)c1. The first-order chi connectivity index (χ1) is 9.73. The summed E-state index contributed by atoms with van der Waals surface area (Å²) in [5, 5.41) is 4.01. The zero-order chi connectivity index (χ0) is 15.4. The summed E-state index contributed by atoms with van der Waals surface area (Å²) in [7, 11) is -3.60. The fraction of sp³-hybridized carbons (Fsp3) is 0.571. The second-order valence-corrected chi connectivity index (χ2v) is 9.05. The van der Waals surface area contributed by atoms with Crippen molar-refractivity contribution in [2.45, 2.75) is 24.3 Å². The lowest BCUT2D eigenvalue weighted by Gasteiger charge is -2.34. The standard InChI is InChI=1S/C14H18Cl2N2O2S/c1-14(2)13-7-17-6-9(13)8-18(14)21(19,20)12-4-10(15)3-11(16)5-12/h3-5,9,13,17H,6-8H2,1-2H3. The highest BCUT2D eigenvalue weighted by atomic mass is 35.5. The van der Waals surface area contributed by atoms with E-state index < -0.39 is 15.6 Å². The van der Waals surface area contributed by atoms with E-state index in [9.17, 15) is 8.42 Å². The van der Waals surface area contributed by atoms with Crippen LogP contribution in [0.1, 0.15) is 13.8 Å². The van der Waals surface area contributed by atoms with E-state index in [1.807, 2.05) is 13.8 Å². The molecule has 0 aromatic heterocycles. The van der Waals surface area contributed by atoms with Crippen molar-refractivity contribution in [3.8, 4) is 0 Å². The van der Waals surface area contributed by atoms with Gasteiger partial charge in [0, 0.05) is 28.7 Å². The van der Waals surface area contributed by atoms with Gasteiger partial charge >= 0.3 is 0 Å². The van der Waals surface area contributed by atoms with E-state index in [0.717, 1.165) is 13.1 Å². The maximum absolute atomic E-state index is 13.0. The second kappa shape index (κ2) is 5.10. The summed E-state index contributed by atoms with van der Waals surface area (Å²) in [5.41, 5.74) is -0.415. The van der Waals surface area contributed by atoms with E-state index in [-0.39, 0.29) is 4.90 Å². The van der Waals surface area contributed by atoms with Crippen molar-refractivity contribution < 1.29 is 8.42 Å². The second-order valence-electron chi connectivity index (χ2n) is 6.32. The van der Waals surface area contributed by atoms with Gasteiger partial charge in [-0.25, -0.2) is 8.42 Å². The van der Waals surface area contributed by atoms with Gasteiger partial charge in [-0.05, 0) is 50.4 Å². The molecule has 1 aromatic carbocycles. The third kappa shape index (κ3) is 2.49. The van der Waals surface area contributed by atoms with E-state index in [1.54, 1.807) is 4.31 Å². The Balaban J connectivity index is 2.02. The van der Waals surface area contributed by atoms with Gasteiger partial charge in [0.1, 0.15) is 0 Å². The van der Waals surface area contributed by atoms with E-state index in [2.05, 4.69) is 5.32 Å². The van der Waals surface area contributed by atoms with Crippen LogP contribution in [0, 0.1) is 11.8 Å². The van der Waals surface area contributed by atoms with Gasteiger partial charge < -0.3 is 5.32 Å². The minimum Gasteiger partial charge on any atom is -0.316 e. The largest absolute Gasteiger partial charge is 0.316 e. The molecule has 2 unspecified atom stereocenters. The van der Waals surface area contributed by atoms with Crippen LogP contribution in [-0.4, -0.2) is 37.9 Å². The molecule has 2 atom stereocenters. The average molecular weight is 349 g/mol. The van der Waals surface area contributed by atoms with Crippen LogP contribution in [0.4, 0.5) is 0 Å². The summed E-state index contributed by atoms with van der Waals surface area (Å²) in [6, 6.07) is 4.46. The van der Waals surface area contributed by atoms with Crippen LogP contribution in [0.15, 0.2) is 23.1 Å². The molecule has 0 amide bonds. The molecular formula is C14H18Cl2N2O2S. The van der Waals surface area contributed by atoms with Crippen LogP contribution in [0.25, 0.3) is 0 Å². The Kier molecular flexibility index (Phi) is 3.78. The normalized spacial score (nSPS) is 28.8. The minimum atomic E-state index is -3.60. The molecule has 3 rings (SSSR count). The summed E-state index contributed by atoms with van der Waals surface area (Å²) in [6.45, 7) is 6.26. The number of nitrogens with zero attached hydrogens (tertiary/aromatic N) is 1. The third-order valence-corrected chi connectivity index (χ3v) is 7.18. The van der Waals surface area contributed by atoms with Gasteiger partial charge in [-0.3, -0.25) is 0 Å². The molecule has 0 aliphatic carbocycles. The molecule has 0 bridgehead atoms. The molecule has 0 spiro atoms. The van der Waals surface area contributed by atoms with Crippen LogP contribution < -0.4 is 5.32 Å². The Labute approximate surface area is 135 Å². The van der Waals surface area contributed by atoms with Gasteiger partial charge in [0.25, 0.3) is 0 Å². The van der Waals surface area contributed by atoms with Crippen molar-refractivity contribution in [2.75, 3.05) is 19.6 Å². The molecule has 21 heavy (non-hydrogen) atoms. The quantitative estimate of drug-likeness (QED) is 0.893. The van der Waals surface area contributed by atoms with Crippen LogP contribution in [0.5, 0.6) is 0 Å². The molecule has 2 aliphatic rings.